The average Bonchev–Trinajstić information content (AvgIpc) is 2.97. The van der Waals surface area contributed by atoms with Crippen LogP contribution >= 0.6 is 11.3 Å². The number of hydrogen-bond donors (Lipinski definition) is 2. The highest BCUT2D eigenvalue weighted by molar-refractivity contribution is 7.17. The summed E-state index contributed by atoms with van der Waals surface area (Å²) in [6, 6.07) is 1.90. The van der Waals surface area contributed by atoms with Crippen molar-refractivity contribution in [3.63, 3.8) is 0 Å². The van der Waals surface area contributed by atoms with E-state index >= 15 is 0 Å². The summed E-state index contributed by atoms with van der Waals surface area (Å²) in [6.45, 7) is 3.91. The number of thiophene rings is 1. The number of nitrogens with zero attached hydrogens (tertiary/aromatic N) is 1. The fourth-order valence-corrected chi connectivity index (χ4v) is 3.01. The van der Waals surface area contributed by atoms with Gasteiger partial charge in [0.05, 0.1) is 12.1 Å². The molecule has 0 bridgehead atoms. The molecule has 0 saturated heterocycles. The van der Waals surface area contributed by atoms with Crippen LogP contribution in [0.15, 0.2) is 16.2 Å². The van der Waals surface area contributed by atoms with Crippen molar-refractivity contribution in [1.29, 1.82) is 0 Å². The lowest BCUT2D eigenvalue weighted by Crippen LogP contribution is -2.25. The van der Waals surface area contributed by atoms with E-state index in [-0.39, 0.29) is 5.56 Å². The summed E-state index contributed by atoms with van der Waals surface area (Å²) in [6.07, 6.45) is 3.88. The van der Waals surface area contributed by atoms with E-state index in [1.54, 1.807) is 0 Å². The number of hydrogen-bond acceptors (Lipinski definition) is 4. The Balaban J connectivity index is 1.69. The first-order valence-corrected chi connectivity index (χ1v) is 7.27. The molecule has 0 amide bonds. The van der Waals surface area contributed by atoms with E-state index in [0.29, 0.717) is 16.7 Å². The Bertz CT molecular complexity index is 612. The number of fused-ring (bicyclic) bond motifs is 1. The van der Waals surface area contributed by atoms with Gasteiger partial charge in [0.2, 0.25) is 0 Å². The van der Waals surface area contributed by atoms with Gasteiger partial charge in [-0.25, -0.2) is 4.98 Å². The monoisotopic (exact) mass is 263 g/mol. The van der Waals surface area contributed by atoms with Gasteiger partial charge in [0.1, 0.15) is 10.5 Å². The van der Waals surface area contributed by atoms with Gasteiger partial charge < -0.3 is 10.3 Å². The fourth-order valence-electron chi connectivity index (χ4n) is 2.28. The maximum absolute atomic E-state index is 11.8. The third-order valence-electron chi connectivity index (χ3n) is 3.86. The molecule has 0 radical (unpaired) electrons. The fraction of sp³-hybridized carbons (Fsp3) is 0.538. The summed E-state index contributed by atoms with van der Waals surface area (Å²) in [5, 5.41) is 5.31. The Morgan fingerprint density at radius 3 is 3.11 bits per heavy atom. The molecule has 5 heteroatoms. The second-order valence-corrected chi connectivity index (χ2v) is 6.02. The molecule has 0 atom stereocenters. The van der Waals surface area contributed by atoms with Crippen LogP contribution < -0.4 is 10.9 Å². The zero-order chi connectivity index (χ0) is 12.6. The highest BCUT2D eigenvalue weighted by atomic mass is 32.1. The Hall–Kier alpha value is -1.20. The van der Waals surface area contributed by atoms with E-state index in [1.807, 2.05) is 11.4 Å². The molecule has 2 aromatic rings. The predicted octanol–water partition coefficient (Wildman–Crippen LogP) is 2.26. The lowest BCUT2D eigenvalue weighted by molar-refractivity contribution is 0.440. The molecule has 1 aliphatic carbocycles. The van der Waals surface area contributed by atoms with Gasteiger partial charge in [0, 0.05) is 6.54 Å². The van der Waals surface area contributed by atoms with E-state index in [2.05, 4.69) is 22.2 Å². The molecule has 0 unspecified atom stereocenters. The SMILES string of the molecule is CCC1(CNCc2nc3ccsc3c(=O)[nH]2)CC1. The zero-order valence-electron chi connectivity index (χ0n) is 10.5. The molecule has 0 aliphatic heterocycles. The van der Waals surface area contributed by atoms with E-state index in [4.69, 9.17) is 0 Å². The van der Waals surface area contributed by atoms with Crippen LogP contribution in [0.4, 0.5) is 0 Å². The lowest BCUT2D eigenvalue weighted by Gasteiger charge is -2.12. The van der Waals surface area contributed by atoms with E-state index in [1.165, 1.54) is 30.6 Å². The second kappa shape index (κ2) is 4.48. The summed E-state index contributed by atoms with van der Waals surface area (Å²) >= 11 is 1.44. The average molecular weight is 263 g/mol. The van der Waals surface area contributed by atoms with Crippen LogP contribution in [0, 0.1) is 5.41 Å². The molecule has 4 nitrogen and oxygen atoms in total. The molecular weight excluding hydrogens is 246 g/mol. The molecule has 2 heterocycles. The van der Waals surface area contributed by atoms with E-state index < -0.39 is 0 Å². The van der Waals surface area contributed by atoms with E-state index in [0.717, 1.165) is 17.9 Å². The smallest absolute Gasteiger partial charge is 0.268 e. The molecule has 0 aromatic carbocycles. The third kappa shape index (κ3) is 2.20. The lowest BCUT2D eigenvalue weighted by atomic mass is 10.0. The number of aromatic amines is 1. The van der Waals surface area contributed by atoms with Crippen molar-refractivity contribution in [2.75, 3.05) is 6.54 Å². The van der Waals surface area contributed by atoms with Gasteiger partial charge in [-0.2, -0.15) is 0 Å². The number of H-pyrrole nitrogens is 1. The molecular formula is C13H17N3OS. The van der Waals surface area contributed by atoms with Crippen molar-refractivity contribution >= 4 is 21.6 Å². The van der Waals surface area contributed by atoms with Gasteiger partial charge in [-0.1, -0.05) is 6.92 Å². The van der Waals surface area contributed by atoms with Crippen LogP contribution in [0.25, 0.3) is 10.2 Å². The van der Waals surface area contributed by atoms with Crippen molar-refractivity contribution in [1.82, 2.24) is 15.3 Å². The van der Waals surface area contributed by atoms with Crippen molar-refractivity contribution < 1.29 is 0 Å². The minimum Gasteiger partial charge on any atom is -0.309 e. The summed E-state index contributed by atoms with van der Waals surface area (Å²) in [5.41, 5.74) is 1.30. The topological polar surface area (TPSA) is 57.8 Å². The first kappa shape index (κ1) is 11.9. The molecule has 96 valence electrons. The largest absolute Gasteiger partial charge is 0.309 e. The number of aromatic nitrogens is 2. The van der Waals surface area contributed by atoms with Gasteiger partial charge in [-0.05, 0) is 36.1 Å². The Labute approximate surface area is 109 Å². The Morgan fingerprint density at radius 2 is 2.39 bits per heavy atom. The van der Waals surface area contributed by atoms with Crippen molar-refractivity contribution in [3.05, 3.63) is 27.6 Å². The van der Waals surface area contributed by atoms with Gasteiger partial charge in [-0.15, -0.1) is 11.3 Å². The first-order valence-electron chi connectivity index (χ1n) is 6.40. The van der Waals surface area contributed by atoms with Gasteiger partial charge in [0.25, 0.3) is 5.56 Å². The minimum atomic E-state index is -0.0246. The van der Waals surface area contributed by atoms with Gasteiger partial charge in [-0.3, -0.25) is 4.79 Å². The van der Waals surface area contributed by atoms with Crippen LogP contribution in [-0.4, -0.2) is 16.5 Å². The normalized spacial score (nSPS) is 17.2. The minimum absolute atomic E-state index is 0.0246. The van der Waals surface area contributed by atoms with Gasteiger partial charge in [0.15, 0.2) is 0 Å². The molecule has 2 N–H and O–H groups in total. The molecule has 3 rings (SSSR count). The maximum atomic E-state index is 11.8. The molecule has 18 heavy (non-hydrogen) atoms. The maximum Gasteiger partial charge on any atom is 0.268 e. The highest BCUT2D eigenvalue weighted by Crippen LogP contribution is 2.47. The molecule has 1 aliphatic rings. The zero-order valence-corrected chi connectivity index (χ0v) is 11.3. The summed E-state index contributed by atoms with van der Waals surface area (Å²) < 4.78 is 0.714. The van der Waals surface area contributed by atoms with Crippen LogP contribution in [-0.2, 0) is 6.54 Å². The van der Waals surface area contributed by atoms with Gasteiger partial charge >= 0.3 is 0 Å². The molecule has 0 spiro atoms. The van der Waals surface area contributed by atoms with Crippen LogP contribution in [0.5, 0.6) is 0 Å². The summed E-state index contributed by atoms with van der Waals surface area (Å²) in [5.74, 6) is 0.734. The quantitative estimate of drug-likeness (QED) is 0.870. The molecule has 1 saturated carbocycles. The molecule has 1 fully saturated rings. The number of rotatable bonds is 5. The highest BCUT2D eigenvalue weighted by Gasteiger charge is 2.39. The standard InChI is InChI=1S/C13H17N3OS/c1-2-13(4-5-13)8-14-7-10-15-9-3-6-18-11(9)12(17)16-10/h3,6,14H,2,4-5,7-8H2,1H3,(H,15,16,17). The van der Waals surface area contributed by atoms with Crippen molar-refractivity contribution in [2.45, 2.75) is 32.7 Å². The summed E-state index contributed by atoms with van der Waals surface area (Å²) in [4.78, 5) is 19.1. The molecule has 2 aromatic heterocycles. The van der Waals surface area contributed by atoms with Crippen LogP contribution in [0.2, 0.25) is 0 Å². The third-order valence-corrected chi connectivity index (χ3v) is 4.77. The summed E-state index contributed by atoms with van der Waals surface area (Å²) in [7, 11) is 0. The van der Waals surface area contributed by atoms with Crippen molar-refractivity contribution in [3.8, 4) is 0 Å². The van der Waals surface area contributed by atoms with Crippen molar-refractivity contribution in [2.24, 2.45) is 5.41 Å². The first-order chi connectivity index (χ1) is 8.72. The number of nitrogens with one attached hydrogen (secondary N) is 2. The Kier molecular flexibility index (Phi) is 2.95. The van der Waals surface area contributed by atoms with E-state index in [9.17, 15) is 4.79 Å². The Morgan fingerprint density at radius 1 is 1.56 bits per heavy atom. The van der Waals surface area contributed by atoms with Crippen LogP contribution in [0.3, 0.4) is 0 Å². The predicted molar refractivity (Wildman–Crippen MR) is 73.9 cm³/mol. The van der Waals surface area contributed by atoms with Crippen LogP contribution in [0.1, 0.15) is 32.0 Å². The second-order valence-electron chi connectivity index (χ2n) is 5.10.